The second kappa shape index (κ2) is 6.10. The molecule has 0 unspecified atom stereocenters. The third kappa shape index (κ3) is 4.01. The molecule has 1 rings (SSSR count). The Morgan fingerprint density at radius 2 is 1.88 bits per heavy atom. The minimum absolute atomic E-state index is 0.243. The van der Waals surface area contributed by atoms with Gasteiger partial charge < -0.3 is 13.6 Å². The van der Waals surface area contributed by atoms with Gasteiger partial charge in [0.25, 0.3) is 0 Å². The molecular formula is C11H17FO3Si. The molecule has 16 heavy (non-hydrogen) atoms. The topological polar surface area (TPSA) is 38.7 Å². The molecule has 1 aromatic rings. The Balaban J connectivity index is 2.74. The van der Waals surface area contributed by atoms with Crippen molar-refractivity contribution >= 4 is 8.80 Å². The van der Waals surface area contributed by atoms with E-state index in [2.05, 4.69) is 0 Å². The lowest BCUT2D eigenvalue weighted by Gasteiger charge is -2.22. The maximum atomic E-state index is 13.0. The molecule has 0 atom stereocenters. The maximum absolute atomic E-state index is 13.0. The van der Waals surface area contributed by atoms with Crippen molar-refractivity contribution in [3.05, 3.63) is 35.6 Å². The molecule has 0 fully saturated rings. The van der Waals surface area contributed by atoms with E-state index in [1.807, 2.05) is 0 Å². The summed E-state index contributed by atoms with van der Waals surface area (Å²) in [5.41, 5.74) is 0.691. The van der Waals surface area contributed by atoms with Crippen molar-refractivity contribution < 1.29 is 18.0 Å². The SMILES string of the molecule is CCO[Si](O)(Cc1cccc(F)c1)OCC. The third-order valence-corrected chi connectivity index (χ3v) is 4.39. The number of hydrogen-bond donors (Lipinski definition) is 1. The normalized spacial score (nSPS) is 11.8. The summed E-state index contributed by atoms with van der Waals surface area (Å²) in [4.78, 5) is 10.1. The molecule has 3 nitrogen and oxygen atoms in total. The fraction of sp³-hybridized carbons (Fsp3) is 0.455. The van der Waals surface area contributed by atoms with Gasteiger partial charge in [0.2, 0.25) is 0 Å². The van der Waals surface area contributed by atoms with Gasteiger partial charge in [-0.25, -0.2) is 4.39 Å². The average molecular weight is 244 g/mol. The summed E-state index contributed by atoms with van der Waals surface area (Å²) in [6.07, 6.45) is 0. The number of halogens is 1. The summed E-state index contributed by atoms with van der Waals surface area (Å²) in [5.74, 6) is -0.318. The van der Waals surface area contributed by atoms with Crippen molar-refractivity contribution in [2.45, 2.75) is 19.9 Å². The smallest absolute Gasteiger partial charge is 0.389 e. The summed E-state index contributed by atoms with van der Waals surface area (Å²) in [6.45, 7) is 4.36. The van der Waals surface area contributed by atoms with Gasteiger partial charge in [0.05, 0.1) is 0 Å². The lowest BCUT2D eigenvalue weighted by molar-refractivity contribution is 0.107. The van der Waals surface area contributed by atoms with Crippen molar-refractivity contribution in [1.29, 1.82) is 0 Å². The van der Waals surface area contributed by atoms with E-state index >= 15 is 0 Å². The Hall–Kier alpha value is -0.753. The average Bonchev–Trinajstić information content (AvgIpc) is 2.17. The zero-order valence-electron chi connectivity index (χ0n) is 9.57. The highest BCUT2D eigenvalue weighted by atomic mass is 28.4. The molecule has 0 aliphatic rings. The number of benzene rings is 1. The second-order valence-electron chi connectivity index (χ2n) is 3.39. The first kappa shape index (κ1) is 13.3. The highest BCUT2D eigenvalue weighted by molar-refractivity contribution is 6.58. The Labute approximate surface area is 96.2 Å². The molecule has 5 heteroatoms. The van der Waals surface area contributed by atoms with Crippen LogP contribution in [-0.2, 0) is 14.9 Å². The first-order chi connectivity index (χ1) is 7.59. The van der Waals surface area contributed by atoms with Crippen LogP contribution in [0.15, 0.2) is 24.3 Å². The molecule has 1 aromatic carbocycles. The van der Waals surface area contributed by atoms with Gasteiger partial charge in [-0.3, -0.25) is 0 Å². The van der Waals surface area contributed by atoms with Crippen LogP contribution in [0.2, 0.25) is 0 Å². The lowest BCUT2D eigenvalue weighted by atomic mass is 10.2. The molecule has 0 bridgehead atoms. The van der Waals surface area contributed by atoms with Crippen molar-refractivity contribution in [3.63, 3.8) is 0 Å². The molecule has 0 heterocycles. The molecule has 0 radical (unpaired) electrons. The van der Waals surface area contributed by atoms with Crippen molar-refractivity contribution in [2.24, 2.45) is 0 Å². The summed E-state index contributed by atoms with van der Waals surface area (Å²) >= 11 is 0. The Kier molecular flexibility index (Phi) is 5.07. The van der Waals surface area contributed by atoms with Crippen LogP contribution < -0.4 is 0 Å². The van der Waals surface area contributed by atoms with Gasteiger partial charge >= 0.3 is 8.80 Å². The van der Waals surface area contributed by atoms with Crippen molar-refractivity contribution in [1.82, 2.24) is 0 Å². The van der Waals surface area contributed by atoms with Gasteiger partial charge in [0.15, 0.2) is 0 Å². The second-order valence-corrected chi connectivity index (χ2v) is 5.74. The van der Waals surface area contributed by atoms with E-state index in [-0.39, 0.29) is 11.9 Å². The van der Waals surface area contributed by atoms with E-state index < -0.39 is 8.80 Å². The highest BCUT2D eigenvalue weighted by Gasteiger charge is 2.36. The summed E-state index contributed by atoms with van der Waals surface area (Å²) in [5, 5.41) is 0. The fourth-order valence-corrected chi connectivity index (χ4v) is 3.43. The molecule has 0 aliphatic carbocycles. The van der Waals surface area contributed by atoms with Crippen LogP contribution in [0.5, 0.6) is 0 Å². The van der Waals surface area contributed by atoms with Gasteiger partial charge in [-0.15, -0.1) is 0 Å². The van der Waals surface area contributed by atoms with E-state index in [0.29, 0.717) is 18.8 Å². The van der Waals surface area contributed by atoms with Crippen LogP contribution in [0.25, 0.3) is 0 Å². The zero-order chi connectivity index (χ0) is 12.0. The number of hydrogen-bond acceptors (Lipinski definition) is 3. The van der Waals surface area contributed by atoms with Crippen LogP contribution in [0.1, 0.15) is 19.4 Å². The van der Waals surface area contributed by atoms with E-state index in [0.717, 1.165) is 0 Å². The molecule has 0 aromatic heterocycles. The van der Waals surface area contributed by atoms with Gasteiger partial charge in [-0.1, -0.05) is 12.1 Å². The lowest BCUT2D eigenvalue weighted by Crippen LogP contribution is -2.45. The molecule has 0 spiro atoms. The predicted molar refractivity (Wildman–Crippen MR) is 61.3 cm³/mol. The van der Waals surface area contributed by atoms with Crippen molar-refractivity contribution in [3.8, 4) is 0 Å². The highest BCUT2D eigenvalue weighted by Crippen LogP contribution is 2.13. The van der Waals surface area contributed by atoms with Gasteiger partial charge in [0, 0.05) is 19.3 Å². The first-order valence-electron chi connectivity index (χ1n) is 5.34. The van der Waals surface area contributed by atoms with Crippen LogP contribution in [0.3, 0.4) is 0 Å². The molecule has 0 saturated heterocycles. The summed E-state index contributed by atoms with van der Waals surface area (Å²) < 4.78 is 23.5. The minimum atomic E-state index is -3.18. The molecule has 90 valence electrons. The Bertz CT molecular complexity index is 327. The van der Waals surface area contributed by atoms with E-state index in [9.17, 15) is 9.19 Å². The molecular weight excluding hydrogens is 227 g/mol. The fourth-order valence-electron chi connectivity index (χ4n) is 1.50. The molecule has 1 N–H and O–H groups in total. The van der Waals surface area contributed by atoms with Crippen LogP contribution >= 0.6 is 0 Å². The quantitative estimate of drug-likeness (QED) is 0.777. The number of rotatable bonds is 6. The van der Waals surface area contributed by atoms with E-state index in [1.165, 1.54) is 12.1 Å². The van der Waals surface area contributed by atoms with Crippen LogP contribution in [0.4, 0.5) is 4.39 Å². The monoisotopic (exact) mass is 244 g/mol. The molecule has 0 amide bonds. The van der Waals surface area contributed by atoms with E-state index in [1.54, 1.807) is 26.0 Å². The van der Waals surface area contributed by atoms with Gasteiger partial charge in [-0.05, 0) is 31.5 Å². The largest absolute Gasteiger partial charge is 0.502 e. The predicted octanol–water partition coefficient (Wildman–Crippen LogP) is 1.91. The summed E-state index contributed by atoms with van der Waals surface area (Å²) in [6, 6.07) is 6.35. The van der Waals surface area contributed by atoms with Crippen LogP contribution in [0, 0.1) is 5.82 Å². The van der Waals surface area contributed by atoms with Crippen LogP contribution in [-0.4, -0.2) is 26.8 Å². The molecule has 0 saturated carbocycles. The third-order valence-electron chi connectivity index (χ3n) is 2.06. The van der Waals surface area contributed by atoms with Gasteiger partial charge in [0.1, 0.15) is 5.82 Å². The Morgan fingerprint density at radius 1 is 1.25 bits per heavy atom. The zero-order valence-corrected chi connectivity index (χ0v) is 10.6. The first-order valence-corrected chi connectivity index (χ1v) is 7.31. The van der Waals surface area contributed by atoms with Crippen molar-refractivity contribution in [2.75, 3.05) is 13.2 Å². The van der Waals surface area contributed by atoms with Gasteiger partial charge in [-0.2, -0.15) is 0 Å². The maximum Gasteiger partial charge on any atom is 0.502 e. The Morgan fingerprint density at radius 3 is 2.38 bits per heavy atom. The minimum Gasteiger partial charge on any atom is -0.389 e. The van der Waals surface area contributed by atoms with E-state index in [4.69, 9.17) is 8.85 Å². The molecule has 0 aliphatic heterocycles. The standard InChI is InChI=1S/C11H17FO3Si/c1-3-14-16(13,15-4-2)9-10-6-5-7-11(12)8-10/h5-8,13H,3-4,9H2,1-2H3. The summed E-state index contributed by atoms with van der Waals surface area (Å²) in [7, 11) is -3.18.